The molecule has 2 rings (SSSR count). The van der Waals surface area contributed by atoms with Gasteiger partial charge < -0.3 is 15.5 Å². The van der Waals surface area contributed by atoms with Crippen molar-refractivity contribution in [1.29, 1.82) is 0 Å². The van der Waals surface area contributed by atoms with Gasteiger partial charge in [-0.3, -0.25) is 4.99 Å². The molecular formula is C20H35N5. The highest BCUT2D eigenvalue weighted by Gasteiger charge is 2.21. The fraction of sp³-hybridized carbons (Fsp3) is 0.700. The van der Waals surface area contributed by atoms with Crippen LogP contribution in [0.15, 0.2) is 23.2 Å². The number of aliphatic imine (C=N–C) groups is 1. The maximum Gasteiger partial charge on any atom is 0.191 e. The molecule has 5 nitrogen and oxygen atoms in total. The Bertz CT molecular complexity index is 531. The van der Waals surface area contributed by atoms with Crippen LogP contribution < -0.4 is 15.5 Å². The minimum atomic E-state index is 0.487. The first kappa shape index (κ1) is 19.5. The molecule has 5 heteroatoms. The van der Waals surface area contributed by atoms with Crippen molar-refractivity contribution in [2.45, 2.75) is 59.4 Å². The molecule has 0 aromatic carbocycles. The quantitative estimate of drug-likeness (QED) is 0.588. The topological polar surface area (TPSA) is 52.6 Å². The van der Waals surface area contributed by atoms with Gasteiger partial charge in [0.2, 0.25) is 0 Å². The number of anilines is 1. The summed E-state index contributed by atoms with van der Waals surface area (Å²) in [6.45, 7) is 12.6. The minimum absolute atomic E-state index is 0.487. The van der Waals surface area contributed by atoms with Crippen LogP contribution in [0.25, 0.3) is 0 Å². The molecular weight excluding hydrogens is 310 g/mol. The van der Waals surface area contributed by atoms with E-state index in [2.05, 4.69) is 66.4 Å². The monoisotopic (exact) mass is 345 g/mol. The molecule has 0 unspecified atom stereocenters. The first-order valence-electron chi connectivity index (χ1n) is 9.89. The predicted molar refractivity (Wildman–Crippen MR) is 107 cm³/mol. The van der Waals surface area contributed by atoms with Gasteiger partial charge in [0.05, 0.1) is 0 Å². The fourth-order valence-electron chi connectivity index (χ4n) is 3.24. The second-order valence-corrected chi connectivity index (χ2v) is 6.94. The number of piperidine rings is 1. The van der Waals surface area contributed by atoms with Crippen LogP contribution in [0.4, 0.5) is 5.82 Å². The zero-order chi connectivity index (χ0) is 18.1. The number of nitrogens with one attached hydrogen (secondary N) is 2. The Morgan fingerprint density at radius 3 is 2.56 bits per heavy atom. The smallest absolute Gasteiger partial charge is 0.191 e. The van der Waals surface area contributed by atoms with Gasteiger partial charge in [0.1, 0.15) is 5.82 Å². The maximum absolute atomic E-state index is 4.81. The highest BCUT2D eigenvalue weighted by Crippen LogP contribution is 2.18. The first-order valence-corrected chi connectivity index (χ1v) is 9.89. The Hall–Kier alpha value is -1.78. The number of rotatable bonds is 7. The number of hydrogen-bond acceptors (Lipinski definition) is 3. The van der Waals surface area contributed by atoms with Crippen LogP contribution in [-0.4, -0.2) is 43.2 Å². The van der Waals surface area contributed by atoms with E-state index in [4.69, 9.17) is 4.99 Å². The molecule has 1 fully saturated rings. The molecule has 1 saturated heterocycles. The molecule has 1 aromatic rings. The highest BCUT2D eigenvalue weighted by molar-refractivity contribution is 5.80. The standard InChI is InChI=1S/C20H35N5/c1-5-17(6-2)15-22-20(21-7-3)24-18-11-13-25(14-12-18)19-10-8-9-16(4)23-19/h8-10,17-18H,5-7,11-15H2,1-4H3,(H2,21,22,24). The maximum atomic E-state index is 4.81. The van der Waals surface area contributed by atoms with Crippen LogP contribution in [0, 0.1) is 12.8 Å². The lowest BCUT2D eigenvalue weighted by Crippen LogP contribution is -2.49. The van der Waals surface area contributed by atoms with E-state index in [9.17, 15) is 0 Å². The van der Waals surface area contributed by atoms with E-state index in [0.717, 1.165) is 56.5 Å². The molecule has 0 radical (unpaired) electrons. The molecule has 1 aromatic heterocycles. The third-order valence-corrected chi connectivity index (χ3v) is 5.04. The highest BCUT2D eigenvalue weighted by atomic mass is 15.2. The van der Waals surface area contributed by atoms with E-state index in [1.165, 1.54) is 12.8 Å². The molecule has 2 N–H and O–H groups in total. The Kier molecular flexibility index (Phi) is 8.02. The number of guanidine groups is 1. The summed E-state index contributed by atoms with van der Waals surface area (Å²) in [7, 11) is 0. The SMILES string of the molecule is CCNC(=NCC(CC)CC)NC1CCN(c2cccc(C)n2)CC1. The van der Waals surface area contributed by atoms with Gasteiger partial charge in [0.15, 0.2) is 5.96 Å². The van der Waals surface area contributed by atoms with Crippen LogP contribution in [0.2, 0.25) is 0 Å². The van der Waals surface area contributed by atoms with Crippen molar-refractivity contribution in [2.75, 3.05) is 31.1 Å². The molecule has 0 spiro atoms. The summed E-state index contributed by atoms with van der Waals surface area (Å²) in [6, 6.07) is 6.75. The Morgan fingerprint density at radius 2 is 1.96 bits per heavy atom. The van der Waals surface area contributed by atoms with Crippen molar-refractivity contribution in [3.63, 3.8) is 0 Å². The zero-order valence-electron chi connectivity index (χ0n) is 16.4. The van der Waals surface area contributed by atoms with E-state index >= 15 is 0 Å². The lowest BCUT2D eigenvalue weighted by molar-refractivity contribution is 0.456. The summed E-state index contributed by atoms with van der Waals surface area (Å²) in [4.78, 5) is 11.8. The van der Waals surface area contributed by atoms with Gasteiger partial charge in [0.25, 0.3) is 0 Å². The van der Waals surface area contributed by atoms with E-state index in [1.807, 2.05) is 0 Å². The van der Waals surface area contributed by atoms with Crippen molar-refractivity contribution >= 4 is 11.8 Å². The lowest BCUT2D eigenvalue weighted by Gasteiger charge is -2.34. The molecule has 2 heterocycles. The molecule has 25 heavy (non-hydrogen) atoms. The normalized spacial score (nSPS) is 16.4. The van der Waals surface area contributed by atoms with Crippen LogP contribution in [-0.2, 0) is 0 Å². The second-order valence-electron chi connectivity index (χ2n) is 6.94. The second kappa shape index (κ2) is 10.3. The zero-order valence-corrected chi connectivity index (χ0v) is 16.4. The van der Waals surface area contributed by atoms with Crippen molar-refractivity contribution < 1.29 is 0 Å². The molecule has 1 aliphatic rings. The molecule has 140 valence electrons. The summed E-state index contributed by atoms with van der Waals surface area (Å²) in [5.74, 6) is 2.76. The van der Waals surface area contributed by atoms with E-state index in [0.29, 0.717) is 12.0 Å². The van der Waals surface area contributed by atoms with Crippen molar-refractivity contribution in [3.05, 3.63) is 23.9 Å². The summed E-state index contributed by atoms with van der Waals surface area (Å²) in [5.41, 5.74) is 1.08. The third-order valence-electron chi connectivity index (χ3n) is 5.04. The first-order chi connectivity index (χ1) is 12.2. The number of nitrogens with zero attached hydrogens (tertiary/aromatic N) is 3. The average Bonchev–Trinajstić information content (AvgIpc) is 2.63. The fourth-order valence-corrected chi connectivity index (χ4v) is 3.24. The molecule has 1 aliphatic heterocycles. The van der Waals surface area contributed by atoms with Crippen LogP contribution in [0.3, 0.4) is 0 Å². The van der Waals surface area contributed by atoms with Crippen LogP contribution in [0.1, 0.15) is 52.1 Å². The van der Waals surface area contributed by atoms with Crippen LogP contribution >= 0.6 is 0 Å². The average molecular weight is 346 g/mol. The van der Waals surface area contributed by atoms with Crippen molar-refractivity contribution in [1.82, 2.24) is 15.6 Å². The van der Waals surface area contributed by atoms with Gasteiger partial charge in [-0.2, -0.15) is 0 Å². The molecule has 0 aliphatic carbocycles. The summed E-state index contributed by atoms with van der Waals surface area (Å²) >= 11 is 0. The van der Waals surface area contributed by atoms with Gasteiger partial charge in [-0.05, 0) is 44.7 Å². The van der Waals surface area contributed by atoms with Crippen molar-refractivity contribution in [3.8, 4) is 0 Å². The Balaban J connectivity index is 1.86. The van der Waals surface area contributed by atoms with Gasteiger partial charge >= 0.3 is 0 Å². The number of pyridine rings is 1. The van der Waals surface area contributed by atoms with Gasteiger partial charge in [-0.15, -0.1) is 0 Å². The summed E-state index contributed by atoms with van der Waals surface area (Å²) in [6.07, 6.45) is 4.62. The van der Waals surface area contributed by atoms with E-state index in [1.54, 1.807) is 0 Å². The van der Waals surface area contributed by atoms with Crippen molar-refractivity contribution in [2.24, 2.45) is 10.9 Å². The molecule has 0 amide bonds. The van der Waals surface area contributed by atoms with Crippen LogP contribution in [0.5, 0.6) is 0 Å². The third kappa shape index (κ3) is 6.22. The number of aryl methyl sites for hydroxylation is 1. The molecule has 0 bridgehead atoms. The van der Waals surface area contributed by atoms with E-state index < -0.39 is 0 Å². The molecule has 0 atom stereocenters. The Morgan fingerprint density at radius 1 is 1.24 bits per heavy atom. The summed E-state index contributed by atoms with van der Waals surface area (Å²) in [5, 5.41) is 7.03. The van der Waals surface area contributed by atoms with Gasteiger partial charge in [0, 0.05) is 37.9 Å². The molecule has 0 saturated carbocycles. The van der Waals surface area contributed by atoms with Gasteiger partial charge in [-0.1, -0.05) is 32.8 Å². The largest absolute Gasteiger partial charge is 0.357 e. The van der Waals surface area contributed by atoms with E-state index in [-0.39, 0.29) is 0 Å². The minimum Gasteiger partial charge on any atom is -0.357 e. The predicted octanol–water partition coefficient (Wildman–Crippen LogP) is 3.35. The van der Waals surface area contributed by atoms with Gasteiger partial charge in [-0.25, -0.2) is 4.98 Å². The Labute approximate surface area is 153 Å². The summed E-state index contributed by atoms with van der Waals surface area (Å²) < 4.78 is 0. The number of hydrogen-bond donors (Lipinski definition) is 2. The number of aromatic nitrogens is 1. The lowest BCUT2D eigenvalue weighted by atomic mass is 10.0.